The van der Waals surface area contributed by atoms with Crippen LogP contribution in [0.5, 0.6) is 0 Å². The molecule has 0 amide bonds. The minimum absolute atomic E-state index is 0.120. The Hall–Kier alpha value is -1.98. The van der Waals surface area contributed by atoms with Crippen molar-refractivity contribution in [3.8, 4) is 0 Å². The summed E-state index contributed by atoms with van der Waals surface area (Å²) >= 11 is 3.53. The molecule has 1 saturated heterocycles. The first-order valence-corrected chi connectivity index (χ1v) is 10.9. The van der Waals surface area contributed by atoms with E-state index in [-0.39, 0.29) is 5.92 Å². The van der Waals surface area contributed by atoms with Gasteiger partial charge in [0, 0.05) is 30.0 Å². The lowest BCUT2D eigenvalue weighted by molar-refractivity contribution is 0.000763. The normalized spacial score (nSPS) is 18.1. The van der Waals surface area contributed by atoms with Crippen LogP contribution in [-0.4, -0.2) is 42.9 Å². The summed E-state index contributed by atoms with van der Waals surface area (Å²) in [6.07, 6.45) is 0. The highest BCUT2D eigenvalue weighted by Crippen LogP contribution is 2.43. The molecule has 1 heterocycles. The van der Waals surface area contributed by atoms with Crippen LogP contribution in [-0.2, 0) is 10.3 Å². The zero-order valence-electron chi connectivity index (χ0n) is 16.4. The van der Waals surface area contributed by atoms with Crippen molar-refractivity contribution >= 4 is 15.9 Å². The molecule has 3 aromatic rings. The number of rotatable bonds is 6. The van der Waals surface area contributed by atoms with E-state index < -0.39 is 5.60 Å². The topological polar surface area (TPSA) is 32.7 Å². The van der Waals surface area contributed by atoms with Crippen LogP contribution in [0.2, 0.25) is 0 Å². The monoisotopic (exact) mass is 451 g/mol. The quantitative estimate of drug-likeness (QED) is 0.583. The number of nitrogens with zero attached hydrogens (tertiary/aromatic N) is 1. The molecule has 0 unspecified atom stereocenters. The second-order valence-corrected chi connectivity index (χ2v) is 8.43. The predicted molar refractivity (Wildman–Crippen MR) is 120 cm³/mol. The van der Waals surface area contributed by atoms with Crippen LogP contribution in [0.25, 0.3) is 0 Å². The fourth-order valence-corrected chi connectivity index (χ4v) is 4.44. The van der Waals surface area contributed by atoms with Crippen LogP contribution in [0.15, 0.2) is 89.4 Å². The molecule has 0 aliphatic carbocycles. The Bertz CT molecular complexity index is 895. The third-order valence-electron chi connectivity index (χ3n) is 5.75. The first-order chi connectivity index (χ1) is 14.2. The highest BCUT2D eigenvalue weighted by Gasteiger charge is 2.42. The summed E-state index contributed by atoms with van der Waals surface area (Å²) in [7, 11) is 0. The standard InChI is InChI=1S/C25H26BrNO2/c26-23-13-11-22(12-14-23)25(28,21-9-5-2-6-10-21)24(20-7-3-1-4-8-20)19-27-15-17-29-18-16-27/h1-14,24,28H,15-19H2/t24-,25-/m1/s1. The molecule has 150 valence electrons. The van der Waals surface area contributed by atoms with E-state index in [2.05, 4.69) is 45.1 Å². The molecule has 0 saturated carbocycles. The fraction of sp³-hybridized carbons (Fsp3) is 0.280. The van der Waals surface area contributed by atoms with Gasteiger partial charge in [0.1, 0.15) is 5.60 Å². The lowest BCUT2D eigenvalue weighted by Gasteiger charge is -2.41. The maximum atomic E-state index is 12.4. The van der Waals surface area contributed by atoms with Crippen LogP contribution in [0.4, 0.5) is 0 Å². The van der Waals surface area contributed by atoms with E-state index in [1.165, 1.54) is 0 Å². The summed E-state index contributed by atoms with van der Waals surface area (Å²) in [6, 6.07) is 28.4. The molecule has 0 radical (unpaired) electrons. The number of ether oxygens (including phenoxy) is 1. The predicted octanol–water partition coefficient (Wildman–Crippen LogP) is 4.80. The SMILES string of the molecule is O[C@](c1ccccc1)(c1ccc(Br)cc1)[C@H](CN1CCOCC1)c1ccccc1. The molecule has 0 spiro atoms. The summed E-state index contributed by atoms with van der Waals surface area (Å²) in [5.74, 6) is -0.120. The zero-order valence-corrected chi connectivity index (χ0v) is 18.0. The molecular formula is C25H26BrNO2. The smallest absolute Gasteiger partial charge is 0.123 e. The second kappa shape index (κ2) is 9.23. The number of hydrogen-bond acceptors (Lipinski definition) is 3. The van der Waals surface area contributed by atoms with Crippen LogP contribution >= 0.6 is 15.9 Å². The molecule has 1 aliphatic heterocycles. The molecule has 4 rings (SSSR count). The van der Waals surface area contributed by atoms with Gasteiger partial charge in [-0.15, -0.1) is 0 Å². The Morgan fingerprint density at radius 2 is 1.38 bits per heavy atom. The summed E-state index contributed by atoms with van der Waals surface area (Å²) < 4.78 is 6.55. The number of hydrogen-bond donors (Lipinski definition) is 1. The zero-order chi connectivity index (χ0) is 20.1. The van der Waals surface area contributed by atoms with Gasteiger partial charge in [-0.1, -0.05) is 88.7 Å². The summed E-state index contributed by atoms with van der Waals surface area (Å²) in [4.78, 5) is 2.40. The van der Waals surface area contributed by atoms with Gasteiger partial charge in [0.15, 0.2) is 0 Å². The third-order valence-corrected chi connectivity index (χ3v) is 6.28. The van der Waals surface area contributed by atoms with Crippen LogP contribution < -0.4 is 0 Å². The minimum Gasteiger partial charge on any atom is -0.380 e. The van der Waals surface area contributed by atoms with Crippen molar-refractivity contribution in [3.05, 3.63) is 106 Å². The van der Waals surface area contributed by atoms with Gasteiger partial charge in [-0.25, -0.2) is 0 Å². The van der Waals surface area contributed by atoms with E-state index in [4.69, 9.17) is 4.74 Å². The average molecular weight is 452 g/mol. The molecular weight excluding hydrogens is 426 g/mol. The Balaban J connectivity index is 1.84. The molecule has 0 aromatic heterocycles. The molecule has 29 heavy (non-hydrogen) atoms. The Morgan fingerprint density at radius 1 is 0.828 bits per heavy atom. The number of benzene rings is 3. The van der Waals surface area contributed by atoms with Crippen molar-refractivity contribution in [3.63, 3.8) is 0 Å². The van der Waals surface area contributed by atoms with Gasteiger partial charge in [-0.3, -0.25) is 4.90 Å². The van der Waals surface area contributed by atoms with Gasteiger partial charge in [-0.05, 0) is 28.8 Å². The van der Waals surface area contributed by atoms with E-state index >= 15 is 0 Å². The van der Waals surface area contributed by atoms with E-state index in [1.807, 2.05) is 60.7 Å². The van der Waals surface area contributed by atoms with E-state index in [0.29, 0.717) is 0 Å². The molecule has 0 bridgehead atoms. The fourth-order valence-electron chi connectivity index (χ4n) is 4.17. The van der Waals surface area contributed by atoms with Gasteiger partial charge in [-0.2, -0.15) is 0 Å². The average Bonchev–Trinajstić information content (AvgIpc) is 2.79. The van der Waals surface area contributed by atoms with Crippen molar-refractivity contribution < 1.29 is 9.84 Å². The summed E-state index contributed by atoms with van der Waals surface area (Å²) in [5, 5.41) is 12.4. The third kappa shape index (κ3) is 4.46. The summed E-state index contributed by atoms with van der Waals surface area (Å²) in [6.45, 7) is 4.00. The molecule has 1 aliphatic rings. The Labute approximate surface area is 181 Å². The first kappa shape index (κ1) is 20.3. The van der Waals surface area contributed by atoms with Crippen molar-refractivity contribution in [2.24, 2.45) is 0 Å². The van der Waals surface area contributed by atoms with E-state index in [9.17, 15) is 5.11 Å². The highest BCUT2D eigenvalue weighted by atomic mass is 79.9. The molecule has 1 N–H and O–H groups in total. The maximum absolute atomic E-state index is 12.4. The molecule has 1 fully saturated rings. The van der Waals surface area contributed by atoms with Gasteiger partial charge >= 0.3 is 0 Å². The van der Waals surface area contributed by atoms with Crippen molar-refractivity contribution in [1.82, 2.24) is 4.90 Å². The Morgan fingerprint density at radius 3 is 2.00 bits per heavy atom. The van der Waals surface area contributed by atoms with Gasteiger partial charge in [0.2, 0.25) is 0 Å². The number of aliphatic hydroxyl groups is 1. The Kier molecular flexibility index (Phi) is 6.46. The van der Waals surface area contributed by atoms with Gasteiger partial charge in [0.05, 0.1) is 13.2 Å². The van der Waals surface area contributed by atoms with Crippen molar-refractivity contribution in [2.45, 2.75) is 11.5 Å². The van der Waals surface area contributed by atoms with Crippen LogP contribution in [0, 0.1) is 0 Å². The lowest BCUT2D eigenvalue weighted by atomic mass is 9.72. The van der Waals surface area contributed by atoms with E-state index in [0.717, 1.165) is 54.0 Å². The lowest BCUT2D eigenvalue weighted by Crippen LogP contribution is -2.45. The largest absolute Gasteiger partial charge is 0.380 e. The molecule has 3 aromatic carbocycles. The molecule has 4 heteroatoms. The van der Waals surface area contributed by atoms with Crippen LogP contribution in [0.3, 0.4) is 0 Å². The molecule has 2 atom stereocenters. The second-order valence-electron chi connectivity index (χ2n) is 7.52. The first-order valence-electron chi connectivity index (χ1n) is 10.1. The van der Waals surface area contributed by atoms with Crippen molar-refractivity contribution in [1.29, 1.82) is 0 Å². The van der Waals surface area contributed by atoms with E-state index in [1.54, 1.807) is 0 Å². The minimum atomic E-state index is -1.15. The molecule has 3 nitrogen and oxygen atoms in total. The maximum Gasteiger partial charge on any atom is 0.123 e. The van der Waals surface area contributed by atoms with Crippen molar-refractivity contribution in [2.75, 3.05) is 32.8 Å². The van der Waals surface area contributed by atoms with Crippen LogP contribution in [0.1, 0.15) is 22.6 Å². The van der Waals surface area contributed by atoms with Gasteiger partial charge in [0.25, 0.3) is 0 Å². The highest BCUT2D eigenvalue weighted by molar-refractivity contribution is 9.10. The number of morpholine rings is 1. The summed E-state index contributed by atoms with van der Waals surface area (Å²) in [5.41, 5.74) is 1.79. The number of halogens is 1. The van der Waals surface area contributed by atoms with Gasteiger partial charge < -0.3 is 9.84 Å².